The second-order valence-electron chi connectivity index (χ2n) is 6.35. The lowest BCUT2D eigenvalue weighted by Crippen LogP contribution is -2.32. The Labute approximate surface area is 154 Å². The van der Waals surface area contributed by atoms with Gasteiger partial charge in [-0.15, -0.1) is 0 Å². The third-order valence-electron chi connectivity index (χ3n) is 4.13. The molecule has 1 aromatic carbocycles. The summed E-state index contributed by atoms with van der Waals surface area (Å²) in [5.41, 5.74) is 7.90. The fourth-order valence-corrected chi connectivity index (χ4v) is 2.58. The second-order valence-corrected chi connectivity index (χ2v) is 6.35. The number of aliphatic carboxylic acids is 2. The van der Waals surface area contributed by atoms with Gasteiger partial charge in [0.05, 0.1) is 0 Å². The molecule has 144 valence electrons. The van der Waals surface area contributed by atoms with Crippen LogP contribution in [0.5, 0.6) is 0 Å². The fourth-order valence-electron chi connectivity index (χ4n) is 2.58. The molecule has 7 nitrogen and oxygen atoms in total. The molecule has 0 amide bonds. The van der Waals surface area contributed by atoms with E-state index in [9.17, 15) is 9.59 Å². The number of likely N-dealkylation sites (N-methyl/N-ethyl adjacent to an activating group) is 1. The second kappa shape index (κ2) is 12.1. The summed E-state index contributed by atoms with van der Waals surface area (Å²) >= 11 is 0. The Hall–Kier alpha value is -2.38. The summed E-state index contributed by atoms with van der Waals surface area (Å²) in [6, 6.07) is 8.23. The average Bonchev–Trinajstić information content (AvgIpc) is 3.12. The molecule has 0 radical (unpaired) electrons. The number of benzene rings is 1. The van der Waals surface area contributed by atoms with Crippen LogP contribution in [0.3, 0.4) is 0 Å². The van der Waals surface area contributed by atoms with Crippen LogP contribution < -0.4 is 5.73 Å². The molecule has 0 spiro atoms. The predicted molar refractivity (Wildman–Crippen MR) is 102 cm³/mol. The van der Waals surface area contributed by atoms with Crippen molar-refractivity contribution < 1.29 is 19.8 Å². The molecule has 0 saturated carbocycles. The number of likely N-dealkylation sites (tertiary alicyclic amines) is 1. The van der Waals surface area contributed by atoms with Gasteiger partial charge in [0.1, 0.15) is 0 Å². The zero-order valence-corrected chi connectivity index (χ0v) is 15.3. The van der Waals surface area contributed by atoms with E-state index in [-0.39, 0.29) is 0 Å². The molecule has 1 aliphatic heterocycles. The maximum absolute atomic E-state index is 9.55. The predicted octanol–water partition coefficient (Wildman–Crippen LogP) is 1.55. The van der Waals surface area contributed by atoms with Crippen LogP contribution in [-0.2, 0) is 16.0 Å². The number of hydrogen-bond donors (Lipinski definition) is 3. The molecule has 7 heteroatoms. The summed E-state index contributed by atoms with van der Waals surface area (Å²) in [6.07, 6.45) is 4.99. The molecule has 2 rings (SSSR count). The van der Waals surface area contributed by atoms with E-state index in [4.69, 9.17) is 15.9 Å². The van der Waals surface area contributed by atoms with Crippen molar-refractivity contribution in [3.8, 4) is 0 Å². The summed E-state index contributed by atoms with van der Waals surface area (Å²) in [5.74, 6) is -2.51. The lowest BCUT2D eigenvalue weighted by Gasteiger charge is -2.21. The van der Waals surface area contributed by atoms with Crippen molar-refractivity contribution in [2.45, 2.75) is 19.3 Å². The molecule has 1 aliphatic rings. The quantitative estimate of drug-likeness (QED) is 0.475. The number of rotatable bonds is 8. The van der Waals surface area contributed by atoms with Crippen molar-refractivity contribution in [3.63, 3.8) is 0 Å². The molecule has 1 fully saturated rings. The molecule has 1 aromatic rings. The van der Waals surface area contributed by atoms with Crippen molar-refractivity contribution in [2.75, 3.05) is 45.5 Å². The van der Waals surface area contributed by atoms with Crippen LogP contribution in [0.15, 0.2) is 36.4 Å². The van der Waals surface area contributed by atoms with E-state index >= 15 is 0 Å². The standard InChI is InChI=1S/C15H25N3.C4H4O4/c1-17(12-13-18-9-2-3-10-18)11-8-14-4-6-15(16)7-5-14;5-3(6)1-2-4(7)8/h4-7H,2-3,8-13,16H2,1H3;1-2H,(H,5,6)(H,7,8)/b;2-1+. The highest BCUT2D eigenvalue weighted by Gasteiger charge is 2.11. The third-order valence-corrected chi connectivity index (χ3v) is 4.13. The number of nitrogens with zero attached hydrogens (tertiary/aromatic N) is 2. The smallest absolute Gasteiger partial charge is 0.328 e. The average molecular weight is 363 g/mol. The van der Waals surface area contributed by atoms with Gasteiger partial charge in [0.25, 0.3) is 0 Å². The van der Waals surface area contributed by atoms with Crippen LogP contribution in [0, 0.1) is 0 Å². The monoisotopic (exact) mass is 363 g/mol. The first-order chi connectivity index (χ1) is 12.4. The highest BCUT2D eigenvalue weighted by atomic mass is 16.4. The summed E-state index contributed by atoms with van der Waals surface area (Å²) in [7, 11) is 2.22. The van der Waals surface area contributed by atoms with E-state index in [2.05, 4.69) is 29.0 Å². The number of carboxylic acids is 2. The minimum atomic E-state index is -1.26. The van der Waals surface area contributed by atoms with Gasteiger partial charge in [-0.3, -0.25) is 0 Å². The van der Waals surface area contributed by atoms with Gasteiger partial charge >= 0.3 is 11.9 Å². The Kier molecular flexibility index (Phi) is 10.0. The van der Waals surface area contributed by atoms with Crippen LogP contribution >= 0.6 is 0 Å². The Morgan fingerprint density at radius 2 is 1.62 bits per heavy atom. The van der Waals surface area contributed by atoms with E-state index in [0.717, 1.165) is 18.7 Å². The Morgan fingerprint density at radius 1 is 1.08 bits per heavy atom. The van der Waals surface area contributed by atoms with Gasteiger partial charge in [-0.1, -0.05) is 12.1 Å². The minimum absolute atomic E-state index is 0.558. The van der Waals surface area contributed by atoms with E-state index < -0.39 is 11.9 Å². The maximum atomic E-state index is 9.55. The highest BCUT2D eigenvalue weighted by Crippen LogP contribution is 2.08. The molecule has 0 aliphatic carbocycles. The van der Waals surface area contributed by atoms with Crippen molar-refractivity contribution in [1.82, 2.24) is 9.80 Å². The highest BCUT2D eigenvalue weighted by molar-refractivity contribution is 5.89. The summed E-state index contributed by atoms with van der Waals surface area (Å²) in [5, 5.41) is 15.6. The molecular weight excluding hydrogens is 334 g/mol. The molecule has 0 aromatic heterocycles. The van der Waals surface area contributed by atoms with E-state index in [1.54, 1.807) is 0 Å². The maximum Gasteiger partial charge on any atom is 0.328 e. The van der Waals surface area contributed by atoms with Gasteiger partial charge in [0.15, 0.2) is 0 Å². The first-order valence-corrected chi connectivity index (χ1v) is 8.76. The first-order valence-electron chi connectivity index (χ1n) is 8.76. The normalized spacial score (nSPS) is 14.4. The number of carboxylic acid groups (broad SMARTS) is 2. The van der Waals surface area contributed by atoms with Crippen molar-refractivity contribution in [2.24, 2.45) is 0 Å². The minimum Gasteiger partial charge on any atom is -0.478 e. The van der Waals surface area contributed by atoms with Gasteiger partial charge in [-0.05, 0) is 57.1 Å². The number of nitrogen functional groups attached to an aromatic ring is 1. The number of anilines is 1. The molecule has 1 heterocycles. The zero-order valence-electron chi connectivity index (χ0n) is 15.3. The molecule has 26 heavy (non-hydrogen) atoms. The Bertz CT molecular complexity index is 565. The first kappa shape index (κ1) is 21.7. The fraction of sp³-hybridized carbons (Fsp3) is 0.474. The molecule has 0 bridgehead atoms. The van der Waals surface area contributed by atoms with Crippen molar-refractivity contribution >= 4 is 17.6 Å². The van der Waals surface area contributed by atoms with Crippen LogP contribution in [0.2, 0.25) is 0 Å². The van der Waals surface area contributed by atoms with Gasteiger partial charge in [-0.25, -0.2) is 9.59 Å². The third kappa shape index (κ3) is 10.5. The van der Waals surface area contributed by atoms with E-state index in [1.165, 1.54) is 44.6 Å². The summed E-state index contributed by atoms with van der Waals surface area (Å²) < 4.78 is 0. The van der Waals surface area contributed by atoms with Gasteiger partial charge < -0.3 is 25.7 Å². The van der Waals surface area contributed by atoms with Gasteiger partial charge in [0, 0.05) is 37.5 Å². The molecule has 0 atom stereocenters. The van der Waals surface area contributed by atoms with E-state index in [1.807, 2.05) is 12.1 Å². The van der Waals surface area contributed by atoms with Crippen molar-refractivity contribution in [3.05, 3.63) is 42.0 Å². The van der Waals surface area contributed by atoms with Crippen LogP contribution in [0.4, 0.5) is 5.69 Å². The van der Waals surface area contributed by atoms with Gasteiger partial charge in [0.2, 0.25) is 0 Å². The van der Waals surface area contributed by atoms with Gasteiger partial charge in [-0.2, -0.15) is 0 Å². The molecule has 1 saturated heterocycles. The lowest BCUT2D eigenvalue weighted by atomic mass is 10.1. The Morgan fingerprint density at radius 3 is 2.12 bits per heavy atom. The summed E-state index contributed by atoms with van der Waals surface area (Å²) in [6.45, 7) is 6.11. The van der Waals surface area contributed by atoms with Crippen molar-refractivity contribution in [1.29, 1.82) is 0 Å². The van der Waals surface area contributed by atoms with Crippen LogP contribution in [0.1, 0.15) is 18.4 Å². The number of carbonyl (C=O) groups is 2. The molecular formula is C19H29N3O4. The zero-order chi connectivity index (χ0) is 19.4. The topological polar surface area (TPSA) is 107 Å². The molecule has 0 unspecified atom stereocenters. The Balaban J connectivity index is 0.000000359. The van der Waals surface area contributed by atoms with E-state index in [0.29, 0.717) is 12.2 Å². The van der Waals surface area contributed by atoms with Crippen LogP contribution in [0.25, 0.3) is 0 Å². The number of hydrogen-bond acceptors (Lipinski definition) is 5. The van der Waals surface area contributed by atoms with Crippen LogP contribution in [-0.4, -0.2) is 71.7 Å². The molecule has 4 N–H and O–H groups in total. The summed E-state index contributed by atoms with van der Waals surface area (Å²) in [4.78, 5) is 24.1. The number of nitrogens with two attached hydrogens (primary N) is 1. The lowest BCUT2D eigenvalue weighted by molar-refractivity contribution is -0.134. The SMILES string of the molecule is CN(CCc1ccc(N)cc1)CCN1CCCC1.O=C(O)/C=C/C(=O)O. The largest absolute Gasteiger partial charge is 0.478 e.